The average molecular weight is 389 g/mol. The van der Waals surface area contributed by atoms with Gasteiger partial charge in [0.2, 0.25) is 0 Å². The summed E-state index contributed by atoms with van der Waals surface area (Å²) in [5.41, 5.74) is 1.04. The fraction of sp³-hybridized carbons (Fsp3) is 0.533. The first-order valence-electron chi connectivity index (χ1n) is 6.91. The number of nitrogens with zero attached hydrogens (tertiary/aromatic N) is 1. The summed E-state index contributed by atoms with van der Waals surface area (Å²) in [5, 5.41) is 18.9. The van der Waals surface area contributed by atoms with Crippen molar-refractivity contribution in [1.82, 2.24) is 4.90 Å². The van der Waals surface area contributed by atoms with Gasteiger partial charge in [-0.2, -0.15) is 0 Å². The molecule has 1 aliphatic rings. The molecule has 0 saturated heterocycles. The standard InChI is InChI=1S/C15H20INO3/c1-10(9-18)8-14(12-4-2-3-5-13(12)16)17(15(19)20)11-6-7-11/h2-5,10-11,14,18H,6-9H2,1H3,(H,19,20)/t10-,14-/m0/s1. The average Bonchev–Trinajstić information content (AvgIpc) is 3.22. The Labute approximate surface area is 132 Å². The highest BCUT2D eigenvalue weighted by atomic mass is 127. The van der Waals surface area contributed by atoms with Crippen molar-refractivity contribution in [2.24, 2.45) is 5.92 Å². The van der Waals surface area contributed by atoms with Crippen molar-refractivity contribution in [2.75, 3.05) is 6.61 Å². The van der Waals surface area contributed by atoms with E-state index in [1.165, 1.54) is 0 Å². The van der Waals surface area contributed by atoms with E-state index in [1.54, 1.807) is 4.90 Å². The lowest BCUT2D eigenvalue weighted by Crippen LogP contribution is -2.37. The van der Waals surface area contributed by atoms with Crippen molar-refractivity contribution in [2.45, 2.75) is 38.3 Å². The molecule has 110 valence electrons. The van der Waals surface area contributed by atoms with Crippen LogP contribution in [0.25, 0.3) is 0 Å². The Kier molecular flexibility index (Phi) is 5.26. The predicted molar refractivity (Wildman–Crippen MR) is 85.7 cm³/mol. The van der Waals surface area contributed by atoms with Crippen molar-refractivity contribution >= 4 is 28.7 Å². The van der Waals surface area contributed by atoms with Crippen LogP contribution in [0.3, 0.4) is 0 Å². The lowest BCUT2D eigenvalue weighted by atomic mass is 9.95. The van der Waals surface area contributed by atoms with Gasteiger partial charge in [0.25, 0.3) is 0 Å². The first kappa shape index (κ1) is 15.6. The first-order valence-corrected chi connectivity index (χ1v) is 7.99. The summed E-state index contributed by atoms with van der Waals surface area (Å²) in [7, 11) is 0. The van der Waals surface area contributed by atoms with Crippen LogP contribution in [-0.4, -0.2) is 33.9 Å². The highest BCUT2D eigenvalue weighted by molar-refractivity contribution is 14.1. The summed E-state index contributed by atoms with van der Waals surface area (Å²) in [6.45, 7) is 2.04. The van der Waals surface area contributed by atoms with E-state index in [1.807, 2.05) is 31.2 Å². The summed E-state index contributed by atoms with van der Waals surface area (Å²) < 4.78 is 1.08. The molecule has 4 nitrogen and oxygen atoms in total. The maximum atomic E-state index is 11.6. The van der Waals surface area contributed by atoms with Gasteiger partial charge in [-0.25, -0.2) is 4.79 Å². The lowest BCUT2D eigenvalue weighted by Gasteiger charge is -2.32. The van der Waals surface area contributed by atoms with Crippen LogP contribution in [0.1, 0.15) is 37.8 Å². The number of hydrogen-bond donors (Lipinski definition) is 2. The molecule has 0 heterocycles. The number of carbonyl (C=O) groups is 1. The number of hydrogen-bond acceptors (Lipinski definition) is 2. The van der Waals surface area contributed by atoms with Gasteiger partial charge >= 0.3 is 6.09 Å². The van der Waals surface area contributed by atoms with Gasteiger partial charge in [-0.15, -0.1) is 0 Å². The second-order valence-corrected chi connectivity index (χ2v) is 6.64. The zero-order chi connectivity index (χ0) is 14.7. The monoisotopic (exact) mass is 389 g/mol. The Morgan fingerprint density at radius 3 is 2.60 bits per heavy atom. The number of amides is 1. The Morgan fingerprint density at radius 2 is 2.10 bits per heavy atom. The van der Waals surface area contributed by atoms with Crippen molar-refractivity contribution in [1.29, 1.82) is 0 Å². The highest BCUT2D eigenvalue weighted by Gasteiger charge is 2.39. The largest absolute Gasteiger partial charge is 0.465 e. The lowest BCUT2D eigenvalue weighted by molar-refractivity contribution is 0.105. The van der Waals surface area contributed by atoms with E-state index in [4.69, 9.17) is 0 Å². The molecular weight excluding hydrogens is 369 g/mol. The van der Waals surface area contributed by atoms with Crippen LogP contribution in [0, 0.1) is 9.49 Å². The van der Waals surface area contributed by atoms with E-state index in [0.29, 0.717) is 6.42 Å². The minimum atomic E-state index is -0.859. The Balaban J connectivity index is 2.33. The van der Waals surface area contributed by atoms with Gasteiger partial charge in [-0.05, 0) is 59.4 Å². The summed E-state index contributed by atoms with van der Waals surface area (Å²) in [5.74, 6) is 0.0802. The number of aliphatic hydroxyl groups is 1. The number of benzene rings is 1. The molecule has 0 unspecified atom stereocenters. The second kappa shape index (κ2) is 6.76. The Hall–Kier alpha value is -0.820. The molecule has 2 rings (SSSR count). The Morgan fingerprint density at radius 1 is 1.45 bits per heavy atom. The zero-order valence-corrected chi connectivity index (χ0v) is 13.7. The van der Waals surface area contributed by atoms with Gasteiger partial charge in [0.05, 0.1) is 6.04 Å². The minimum absolute atomic E-state index is 0.0802. The summed E-state index contributed by atoms with van der Waals surface area (Å²) in [4.78, 5) is 13.2. The first-order chi connectivity index (χ1) is 9.54. The molecule has 1 fully saturated rings. The summed E-state index contributed by atoms with van der Waals surface area (Å²) in [6, 6.07) is 7.87. The third-order valence-corrected chi connectivity index (χ3v) is 4.68. The molecule has 1 amide bonds. The normalized spacial score (nSPS) is 17.6. The molecule has 1 saturated carbocycles. The molecule has 1 aromatic rings. The van der Waals surface area contributed by atoms with Crippen LogP contribution < -0.4 is 0 Å². The topological polar surface area (TPSA) is 60.8 Å². The minimum Gasteiger partial charge on any atom is -0.465 e. The number of halogens is 1. The van der Waals surface area contributed by atoms with E-state index in [0.717, 1.165) is 22.0 Å². The number of carboxylic acid groups (broad SMARTS) is 1. The van der Waals surface area contributed by atoms with E-state index in [2.05, 4.69) is 22.6 Å². The molecule has 0 aliphatic heterocycles. The van der Waals surface area contributed by atoms with Crippen LogP contribution >= 0.6 is 22.6 Å². The zero-order valence-electron chi connectivity index (χ0n) is 11.5. The molecule has 1 aromatic carbocycles. The molecule has 0 aromatic heterocycles. The van der Waals surface area contributed by atoms with Gasteiger partial charge in [0.1, 0.15) is 0 Å². The summed E-state index contributed by atoms with van der Waals surface area (Å²) in [6.07, 6.45) is 1.68. The van der Waals surface area contributed by atoms with Crippen LogP contribution in [-0.2, 0) is 0 Å². The molecule has 5 heteroatoms. The van der Waals surface area contributed by atoms with Gasteiger partial charge in [-0.1, -0.05) is 25.1 Å². The number of rotatable bonds is 6. The van der Waals surface area contributed by atoms with Crippen LogP contribution in [0.15, 0.2) is 24.3 Å². The maximum Gasteiger partial charge on any atom is 0.408 e. The number of aliphatic hydroxyl groups excluding tert-OH is 1. The molecule has 2 N–H and O–H groups in total. The maximum absolute atomic E-state index is 11.6. The smallest absolute Gasteiger partial charge is 0.408 e. The second-order valence-electron chi connectivity index (χ2n) is 5.48. The van der Waals surface area contributed by atoms with Gasteiger partial charge in [0, 0.05) is 16.2 Å². The van der Waals surface area contributed by atoms with Gasteiger partial charge in [-0.3, -0.25) is 4.90 Å². The van der Waals surface area contributed by atoms with E-state index in [-0.39, 0.29) is 24.6 Å². The highest BCUT2D eigenvalue weighted by Crippen LogP contribution is 2.39. The van der Waals surface area contributed by atoms with Crippen molar-refractivity contribution in [3.05, 3.63) is 33.4 Å². The van der Waals surface area contributed by atoms with Gasteiger partial charge < -0.3 is 10.2 Å². The van der Waals surface area contributed by atoms with Gasteiger partial charge in [0.15, 0.2) is 0 Å². The Bertz CT molecular complexity index is 476. The van der Waals surface area contributed by atoms with Crippen LogP contribution in [0.4, 0.5) is 4.79 Å². The predicted octanol–water partition coefficient (Wildman–Crippen LogP) is 3.49. The van der Waals surface area contributed by atoms with Crippen molar-refractivity contribution < 1.29 is 15.0 Å². The summed E-state index contributed by atoms with van der Waals surface area (Å²) >= 11 is 2.25. The molecule has 0 radical (unpaired) electrons. The molecule has 1 aliphatic carbocycles. The quantitative estimate of drug-likeness (QED) is 0.733. The van der Waals surface area contributed by atoms with Crippen molar-refractivity contribution in [3.8, 4) is 0 Å². The molecule has 0 bridgehead atoms. The van der Waals surface area contributed by atoms with E-state index >= 15 is 0 Å². The molecule has 2 atom stereocenters. The van der Waals surface area contributed by atoms with Crippen molar-refractivity contribution in [3.63, 3.8) is 0 Å². The molecule has 0 spiro atoms. The SMILES string of the molecule is C[C@H](CO)C[C@@H](c1ccccc1I)N(C(=O)O)C1CC1. The van der Waals surface area contributed by atoms with Crippen LogP contribution in [0.5, 0.6) is 0 Å². The van der Waals surface area contributed by atoms with E-state index < -0.39 is 6.09 Å². The fourth-order valence-corrected chi connectivity index (χ4v) is 3.23. The third-order valence-electron chi connectivity index (χ3n) is 3.70. The van der Waals surface area contributed by atoms with Crippen LogP contribution in [0.2, 0.25) is 0 Å². The third kappa shape index (κ3) is 3.63. The van der Waals surface area contributed by atoms with E-state index in [9.17, 15) is 15.0 Å². The molecular formula is C15H20INO3. The molecule has 20 heavy (non-hydrogen) atoms. The fourth-order valence-electron chi connectivity index (χ4n) is 2.49.